The molecule has 0 bridgehead atoms. The van der Waals surface area contributed by atoms with E-state index in [1.165, 1.54) is 0 Å². The van der Waals surface area contributed by atoms with Gasteiger partial charge in [0.25, 0.3) is 0 Å². The number of aliphatic hydroxyl groups excluding tert-OH is 1. The summed E-state index contributed by atoms with van der Waals surface area (Å²) in [4.78, 5) is 0. The van der Waals surface area contributed by atoms with E-state index in [0.29, 0.717) is 6.42 Å². The Bertz CT molecular complexity index is 296. The van der Waals surface area contributed by atoms with Crippen LogP contribution in [0, 0.1) is 0 Å². The van der Waals surface area contributed by atoms with Crippen LogP contribution < -0.4 is 0 Å². The lowest BCUT2D eigenvalue weighted by atomic mass is 9.97. The molecule has 1 rings (SSSR count). The van der Waals surface area contributed by atoms with E-state index < -0.39 is 6.10 Å². The molecule has 0 saturated carbocycles. The van der Waals surface area contributed by atoms with Crippen LogP contribution in [0.4, 0.5) is 0 Å². The van der Waals surface area contributed by atoms with Gasteiger partial charge in [-0.1, -0.05) is 0 Å². The highest BCUT2D eigenvalue weighted by Gasteiger charge is 2.23. The first-order valence-electron chi connectivity index (χ1n) is 4.41. The van der Waals surface area contributed by atoms with Gasteiger partial charge >= 0.3 is 0 Å². The fraction of sp³-hybridized carbons (Fsp3) is 0.600. The zero-order chi connectivity index (χ0) is 10.8. The summed E-state index contributed by atoms with van der Waals surface area (Å²) in [5, 5.41) is 13.9. The Morgan fingerprint density at radius 1 is 1.57 bits per heavy atom. The molecule has 1 atom stereocenters. The fourth-order valence-corrected chi connectivity index (χ4v) is 2.80. The molecule has 1 heterocycles. The quantitative estimate of drug-likeness (QED) is 0.915. The Kier molecular flexibility index (Phi) is 4.13. The second kappa shape index (κ2) is 4.75. The van der Waals surface area contributed by atoms with Crippen LogP contribution in [0.5, 0.6) is 0 Å². The predicted octanol–water partition coefficient (Wildman–Crippen LogP) is 3.36. The van der Waals surface area contributed by atoms with Crippen molar-refractivity contribution in [2.75, 3.05) is 7.11 Å². The van der Waals surface area contributed by atoms with Crippen molar-refractivity contribution in [2.24, 2.45) is 0 Å². The Morgan fingerprint density at radius 2 is 2.21 bits per heavy atom. The first kappa shape index (κ1) is 12.2. The van der Waals surface area contributed by atoms with Crippen molar-refractivity contribution in [1.82, 2.24) is 0 Å². The second-order valence-corrected chi connectivity index (χ2v) is 5.46. The van der Waals surface area contributed by atoms with Gasteiger partial charge < -0.3 is 9.84 Å². The Labute approximate surface area is 97.0 Å². The molecule has 1 unspecified atom stereocenters. The molecule has 0 aliphatic rings. The first-order chi connectivity index (χ1) is 6.46. The van der Waals surface area contributed by atoms with Crippen molar-refractivity contribution in [3.63, 3.8) is 0 Å². The van der Waals surface area contributed by atoms with Crippen LogP contribution in [0.25, 0.3) is 0 Å². The van der Waals surface area contributed by atoms with Gasteiger partial charge in [-0.15, -0.1) is 0 Å². The van der Waals surface area contributed by atoms with Crippen molar-refractivity contribution in [3.05, 3.63) is 20.8 Å². The van der Waals surface area contributed by atoms with Gasteiger partial charge in [-0.2, -0.15) is 11.3 Å². The molecule has 14 heavy (non-hydrogen) atoms. The molecule has 0 spiro atoms. The third-order valence-corrected chi connectivity index (χ3v) is 3.99. The summed E-state index contributed by atoms with van der Waals surface area (Å²) in [5.41, 5.74) is 0.654. The van der Waals surface area contributed by atoms with Crippen LogP contribution >= 0.6 is 27.3 Å². The number of halogens is 1. The number of ether oxygens (including phenoxy) is 1. The van der Waals surface area contributed by atoms with E-state index in [-0.39, 0.29) is 5.60 Å². The summed E-state index contributed by atoms with van der Waals surface area (Å²) in [5.74, 6) is 0. The largest absolute Gasteiger partial charge is 0.388 e. The van der Waals surface area contributed by atoms with Crippen LogP contribution in [0.3, 0.4) is 0 Å². The van der Waals surface area contributed by atoms with E-state index in [1.54, 1.807) is 18.4 Å². The van der Waals surface area contributed by atoms with E-state index in [1.807, 2.05) is 24.6 Å². The van der Waals surface area contributed by atoms with Gasteiger partial charge in [-0.3, -0.25) is 0 Å². The molecular weight excluding hydrogens is 264 g/mol. The third-order valence-electron chi connectivity index (χ3n) is 2.24. The number of aliphatic hydroxyl groups is 1. The van der Waals surface area contributed by atoms with Crippen molar-refractivity contribution in [1.29, 1.82) is 0 Å². The molecular formula is C10H15BrO2S. The molecule has 1 aromatic rings. The van der Waals surface area contributed by atoms with Crippen molar-refractivity contribution in [3.8, 4) is 0 Å². The maximum atomic E-state index is 9.95. The van der Waals surface area contributed by atoms with Gasteiger partial charge in [0.1, 0.15) is 0 Å². The molecule has 1 N–H and O–H groups in total. The predicted molar refractivity (Wildman–Crippen MR) is 62.7 cm³/mol. The Morgan fingerprint density at radius 3 is 2.64 bits per heavy atom. The minimum Gasteiger partial charge on any atom is -0.388 e. The monoisotopic (exact) mass is 278 g/mol. The molecule has 0 aromatic carbocycles. The zero-order valence-electron chi connectivity index (χ0n) is 8.58. The molecule has 2 nitrogen and oxygen atoms in total. The topological polar surface area (TPSA) is 29.5 Å². The Hall–Kier alpha value is 0.100. The third kappa shape index (κ3) is 3.05. The minimum absolute atomic E-state index is 0.291. The highest BCUT2D eigenvalue weighted by molar-refractivity contribution is 9.10. The molecule has 0 fully saturated rings. The lowest BCUT2D eigenvalue weighted by Gasteiger charge is -2.25. The summed E-state index contributed by atoms with van der Waals surface area (Å²) in [6.45, 7) is 3.94. The summed E-state index contributed by atoms with van der Waals surface area (Å²) < 4.78 is 6.25. The number of hydrogen-bond acceptors (Lipinski definition) is 3. The van der Waals surface area contributed by atoms with Crippen molar-refractivity contribution < 1.29 is 9.84 Å². The average Bonchev–Trinajstić information content (AvgIpc) is 2.51. The summed E-state index contributed by atoms with van der Waals surface area (Å²) >= 11 is 4.99. The highest BCUT2D eigenvalue weighted by Crippen LogP contribution is 2.32. The molecule has 0 amide bonds. The SMILES string of the molecule is COC(C)(C)CC(O)c1cscc1Br. The van der Waals surface area contributed by atoms with Crippen LogP contribution in [0.1, 0.15) is 31.9 Å². The number of methoxy groups -OCH3 is 1. The first-order valence-corrected chi connectivity index (χ1v) is 6.14. The highest BCUT2D eigenvalue weighted by atomic mass is 79.9. The maximum absolute atomic E-state index is 9.95. The summed E-state index contributed by atoms with van der Waals surface area (Å²) in [6, 6.07) is 0. The lowest BCUT2D eigenvalue weighted by Crippen LogP contribution is -2.25. The molecule has 0 radical (unpaired) electrons. The standard InChI is InChI=1S/C10H15BrO2S/c1-10(2,13-3)4-9(12)7-5-14-6-8(7)11/h5-6,9,12H,4H2,1-3H3. The normalized spacial score (nSPS) is 14.4. The van der Waals surface area contributed by atoms with Gasteiger partial charge in [0.15, 0.2) is 0 Å². The van der Waals surface area contributed by atoms with E-state index >= 15 is 0 Å². The van der Waals surface area contributed by atoms with Crippen LogP contribution in [0.2, 0.25) is 0 Å². The van der Waals surface area contributed by atoms with E-state index in [2.05, 4.69) is 15.9 Å². The lowest BCUT2D eigenvalue weighted by molar-refractivity contribution is -0.0201. The van der Waals surface area contributed by atoms with Gasteiger partial charge in [-0.05, 0) is 35.2 Å². The number of thiophene rings is 1. The van der Waals surface area contributed by atoms with Crippen molar-refractivity contribution >= 4 is 27.3 Å². The van der Waals surface area contributed by atoms with E-state index in [0.717, 1.165) is 10.0 Å². The van der Waals surface area contributed by atoms with Gasteiger partial charge in [0.2, 0.25) is 0 Å². The van der Waals surface area contributed by atoms with E-state index in [9.17, 15) is 5.11 Å². The Balaban J connectivity index is 2.68. The van der Waals surface area contributed by atoms with Gasteiger partial charge in [-0.25, -0.2) is 0 Å². The minimum atomic E-state index is -0.467. The van der Waals surface area contributed by atoms with E-state index in [4.69, 9.17) is 4.74 Å². The molecule has 4 heteroatoms. The molecule has 0 aliphatic carbocycles. The van der Waals surface area contributed by atoms with Gasteiger partial charge in [0.05, 0.1) is 11.7 Å². The van der Waals surface area contributed by atoms with Crippen LogP contribution in [0.15, 0.2) is 15.2 Å². The smallest absolute Gasteiger partial charge is 0.0836 e. The molecule has 0 saturated heterocycles. The molecule has 1 aromatic heterocycles. The summed E-state index contributed by atoms with van der Waals surface area (Å²) in [7, 11) is 1.66. The number of hydrogen-bond donors (Lipinski definition) is 1. The average molecular weight is 279 g/mol. The van der Waals surface area contributed by atoms with Crippen molar-refractivity contribution in [2.45, 2.75) is 32.0 Å². The maximum Gasteiger partial charge on any atom is 0.0836 e. The fourth-order valence-electron chi connectivity index (χ4n) is 1.19. The number of rotatable bonds is 4. The van der Waals surface area contributed by atoms with Crippen LogP contribution in [-0.2, 0) is 4.74 Å². The zero-order valence-corrected chi connectivity index (χ0v) is 11.0. The molecule has 0 aliphatic heterocycles. The second-order valence-electron chi connectivity index (χ2n) is 3.86. The van der Waals surface area contributed by atoms with Crippen LogP contribution in [-0.4, -0.2) is 17.8 Å². The summed E-state index contributed by atoms with van der Waals surface area (Å²) in [6.07, 6.45) is 0.129. The molecule has 80 valence electrons. The van der Waals surface area contributed by atoms with Gasteiger partial charge in [0, 0.05) is 28.9 Å².